The molecule has 1 fully saturated rings. The van der Waals surface area contributed by atoms with Crippen LogP contribution in [0.4, 0.5) is 0 Å². The van der Waals surface area contributed by atoms with Gasteiger partial charge in [0.15, 0.2) is 0 Å². The quantitative estimate of drug-likeness (QED) is 0.538. The predicted octanol–water partition coefficient (Wildman–Crippen LogP) is 0.141. The molecule has 0 aromatic heterocycles. The molecular weight excluding hydrogens is 214 g/mol. The largest absolute Gasteiger partial charge is 0.426 e. The first-order valence-electron chi connectivity index (χ1n) is 5.32. The van der Waals surface area contributed by atoms with Crippen LogP contribution in [0.25, 0.3) is 0 Å². The molecule has 1 aliphatic rings. The number of rotatable bonds is 3. The SMILES string of the molecule is CB(P)OC1C(C)C(CO)OC(C)C1O. The summed E-state index contributed by atoms with van der Waals surface area (Å²) < 4.78 is 11.1. The van der Waals surface area contributed by atoms with Crippen LogP contribution in [0.5, 0.6) is 0 Å². The van der Waals surface area contributed by atoms with Gasteiger partial charge in [0.1, 0.15) is 6.10 Å². The smallest absolute Gasteiger partial charge is 0.312 e. The molecule has 1 heterocycles. The predicted molar refractivity (Wildman–Crippen MR) is 62.8 cm³/mol. The molecule has 0 radical (unpaired) electrons. The Kier molecular flexibility index (Phi) is 5.00. The normalized spacial score (nSPS) is 41.6. The lowest BCUT2D eigenvalue weighted by atomic mass is 9.87. The summed E-state index contributed by atoms with van der Waals surface area (Å²) in [7, 11) is 2.54. The lowest BCUT2D eigenvalue weighted by Crippen LogP contribution is -2.55. The van der Waals surface area contributed by atoms with Gasteiger partial charge in [0.2, 0.25) is 0 Å². The molecular formula is C9H20BO4P. The van der Waals surface area contributed by atoms with Crippen LogP contribution >= 0.6 is 9.12 Å². The minimum atomic E-state index is -0.634. The van der Waals surface area contributed by atoms with Crippen molar-refractivity contribution in [2.24, 2.45) is 5.92 Å². The van der Waals surface area contributed by atoms with E-state index in [4.69, 9.17) is 14.5 Å². The maximum Gasteiger partial charge on any atom is 0.312 e. The average molecular weight is 234 g/mol. The second-order valence-electron chi connectivity index (χ2n) is 4.22. The van der Waals surface area contributed by atoms with Crippen LogP contribution in [0.15, 0.2) is 0 Å². The second kappa shape index (κ2) is 5.60. The molecule has 0 spiro atoms. The molecule has 1 saturated heterocycles. The van der Waals surface area contributed by atoms with E-state index >= 15 is 0 Å². The Bertz CT molecular complexity index is 205. The maximum atomic E-state index is 9.93. The van der Waals surface area contributed by atoms with Gasteiger partial charge < -0.3 is 19.6 Å². The number of ether oxygens (including phenoxy) is 1. The summed E-state index contributed by atoms with van der Waals surface area (Å²) in [6, 6.07) is 0. The van der Waals surface area contributed by atoms with Crippen molar-refractivity contribution in [2.45, 2.75) is 45.1 Å². The summed E-state index contributed by atoms with van der Waals surface area (Å²) in [5, 5.41) is 19.1. The molecule has 1 aliphatic heterocycles. The molecule has 4 nitrogen and oxygen atoms in total. The Labute approximate surface area is 93.6 Å². The van der Waals surface area contributed by atoms with E-state index in [1.165, 1.54) is 0 Å². The van der Waals surface area contributed by atoms with Gasteiger partial charge >= 0.3 is 6.64 Å². The summed E-state index contributed by atoms with van der Waals surface area (Å²) >= 11 is 0. The van der Waals surface area contributed by atoms with E-state index in [2.05, 4.69) is 9.12 Å². The molecule has 15 heavy (non-hydrogen) atoms. The van der Waals surface area contributed by atoms with Gasteiger partial charge in [0, 0.05) is 5.92 Å². The number of aliphatic hydroxyl groups is 2. The zero-order chi connectivity index (χ0) is 11.6. The van der Waals surface area contributed by atoms with Gasteiger partial charge in [-0.25, -0.2) is 0 Å². The fourth-order valence-electron chi connectivity index (χ4n) is 1.93. The molecule has 88 valence electrons. The highest BCUT2D eigenvalue weighted by Gasteiger charge is 2.41. The Morgan fingerprint density at radius 2 is 2.07 bits per heavy atom. The van der Waals surface area contributed by atoms with Crippen LogP contribution in [-0.2, 0) is 9.39 Å². The fraction of sp³-hybridized carbons (Fsp3) is 1.00. The van der Waals surface area contributed by atoms with E-state index in [-0.39, 0.29) is 37.5 Å². The molecule has 0 aromatic carbocycles. The highest BCUT2D eigenvalue weighted by Crippen LogP contribution is 2.28. The molecule has 0 amide bonds. The molecule has 0 bridgehead atoms. The monoisotopic (exact) mass is 234 g/mol. The minimum Gasteiger partial charge on any atom is -0.426 e. The van der Waals surface area contributed by atoms with Gasteiger partial charge in [-0.05, 0) is 6.92 Å². The van der Waals surface area contributed by atoms with E-state index in [0.29, 0.717) is 0 Å². The fourth-order valence-corrected chi connectivity index (χ4v) is 2.11. The van der Waals surface area contributed by atoms with Gasteiger partial charge in [-0.1, -0.05) is 13.7 Å². The standard InChI is InChI=1S/C9H20BO4P/c1-5-7(4-11)13-6(2)8(12)9(5)14-10(3)15/h5-9,11-12H,4,15H2,1-3H3. The van der Waals surface area contributed by atoms with Crippen molar-refractivity contribution in [3.63, 3.8) is 0 Å². The van der Waals surface area contributed by atoms with Crippen LogP contribution in [0.1, 0.15) is 13.8 Å². The molecule has 6 atom stereocenters. The Balaban J connectivity index is 2.70. The first-order valence-corrected chi connectivity index (χ1v) is 5.99. The molecule has 0 aliphatic carbocycles. The third-order valence-electron chi connectivity index (χ3n) is 2.86. The van der Waals surface area contributed by atoms with E-state index in [9.17, 15) is 5.11 Å². The summed E-state index contributed by atoms with van der Waals surface area (Å²) in [4.78, 5) is 0. The van der Waals surface area contributed by atoms with Gasteiger partial charge in [-0.3, -0.25) is 0 Å². The maximum absolute atomic E-state index is 9.93. The van der Waals surface area contributed by atoms with Crippen LogP contribution in [-0.4, -0.2) is 47.9 Å². The highest BCUT2D eigenvalue weighted by molar-refractivity contribution is 7.60. The zero-order valence-corrected chi connectivity index (χ0v) is 10.6. The summed E-state index contributed by atoms with van der Waals surface area (Å²) in [5.74, 6) is -0.0100. The van der Waals surface area contributed by atoms with Crippen molar-refractivity contribution in [3.05, 3.63) is 0 Å². The molecule has 6 unspecified atom stereocenters. The average Bonchev–Trinajstić information content (AvgIpc) is 2.18. The first kappa shape index (κ1) is 13.4. The first-order chi connectivity index (χ1) is 6.97. The van der Waals surface area contributed by atoms with Crippen molar-refractivity contribution in [1.82, 2.24) is 0 Å². The van der Waals surface area contributed by atoms with Crippen molar-refractivity contribution in [1.29, 1.82) is 0 Å². The van der Waals surface area contributed by atoms with Gasteiger partial charge in [0.25, 0.3) is 0 Å². The van der Waals surface area contributed by atoms with Crippen molar-refractivity contribution >= 4 is 15.8 Å². The molecule has 1 rings (SSSR count). The third kappa shape index (κ3) is 3.14. The van der Waals surface area contributed by atoms with E-state index in [0.717, 1.165) is 0 Å². The summed E-state index contributed by atoms with van der Waals surface area (Å²) in [6.45, 7) is 5.56. The molecule has 2 N–H and O–H groups in total. The van der Waals surface area contributed by atoms with Crippen LogP contribution in [0, 0.1) is 5.92 Å². The van der Waals surface area contributed by atoms with Crippen molar-refractivity contribution < 1.29 is 19.6 Å². The van der Waals surface area contributed by atoms with E-state index < -0.39 is 6.10 Å². The van der Waals surface area contributed by atoms with Crippen LogP contribution in [0.2, 0.25) is 6.82 Å². The highest BCUT2D eigenvalue weighted by atomic mass is 31.0. The Morgan fingerprint density at radius 1 is 1.47 bits per heavy atom. The van der Waals surface area contributed by atoms with Gasteiger partial charge in [-0.15, -0.1) is 9.12 Å². The van der Waals surface area contributed by atoms with Gasteiger partial charge in [-0.2, -0.15) is 0 Å². The summed E-state index contributed by atoms with van der Waals surface area (Å²) in [6.07, 6.45) is -1.46. The van der Waals surface area contributed by atoms with Gasteiger partial charge in [0.05, 0.1) is 24.9 Å². The number of hydrogen-bond acceptors (Lipinski definition) is 4. The van der Waals surface area contributed by atoms with E-state index in [1.807, 2.05) is 13.7 Å². The van der Waals surface area contributed by atoms with Crippen molar-refractivity contribution in [3.8, 4) is 0 Å². The molecule has 6 heteroatoms. The lowest BCUT2D eigenvalue weighted by molar-refractivity contribution is -0.191. The summed E-state index contributed by atoms with van der Waals surface area (Å²) in [5.41, 5.74) is 0. The van der Waals surface area contributed by atoms with Crippen molar-refractivity contribution in [2.75, 3.05) is 6.61 Å². The Morgan fingerprint density at radius 3 is 2.53 bits per heavy atom. The number of aliphatic hydroxyl groups excluding tert-OH is 2. The van der Waals surface area contributed by atoms with Crippen LogP contribution < -0.4 is 0 Å². The third-order valence-corrected chi connectivity index (χ3v) is 3.02. The lowest BCUT2D eigenvalue weighted by Gasteiger charge is -2.42. The van der Waals surface area contributed by atoms with Crippen LogP contribution in [0.3, 0.4) is 0 Å². The Hall–Kier alpha value is 0.335. The van der Waals surface area contributed by atoms with E-state index in [1.54, 1.807) is 6.92 Å². The molecule has 0 aromatic rings. The topological polar surface area (TPSA) is 58.9 Å². The minimum absolute atomic E-state index is 0.0100. The second-order valence-corrected chi connectivity index (χ2v) is 5.16. The zero-order valence-electron chi connectivity index (χ0n) is 9.46. The number of hydrogen-bond donors (Lipinski definition) is 2. The molecule has 0 saturated carbocycles.